The average molecular weight is 505 g/mol. The molecule has 1 amide bonds. The molecule has 11 heteroatoms. The molecule has 0 radical (unpaired) electrons. The molecule has 0 bridgehead atoms. The fourth-order valence-corrected chi connectivity index (χ4v) is 5.99. The quantitative estimate of drug-likeness (QED) is 0.447. The molecule has 2 N–H and O–H groups in total. The Morgan fingerprint density at radius 2 is 2.03 bits per heavy atom. The summed E-state index contributed by atoms with van der Waals surface area (Å²) in [5.74, 6) is -1.16. The lowest BCUT2D eigenvalue weighted by Crippen LogP contribution is -2.36. The van der Waals surface area contributed by atoms with E-state index in [9.17, 15) is 22.8 Å². The molecule has 0 saturated carbocycles. The number of fused-ring (bicyclic) bond motifs is 2. The molecule has 0 fully saturated rings. The van der Waals surface area contributed by atoms with Crippen LogP contribution in [0.2, 0.25) is 0 Å². The first-order chi connectivity index (χ1) is 16.8. The number of carbonyl (C=O) groups is 2. The van der Waals surface area contributed by atoms with Crippen LogP contribution in [-0.2, 0) is 17.6 Å². The number of amides is 1. The van der Waals surface area contributed by atoms with Gasteiger partial charge in [0.05, 0.1) is 24.4 Å². The van der Waals surface area contributed by atoms with Gasteiger partial charge < -0.3 is 15.4 Å². The van der Waals surface area contributed by atoms with Crippen molar-refractivity contribution >= 4 is 34.0 Å². The topological polar surface area (TPSA) is 85.2 Å². The van der Waals surface area contributed by atoms with Crippen LogP contribution < -0.4 is 10.6 Å². The minimum Gasteiger partial charge on any atom is -0.462 e. The Kier molecular flexibility index (Phi) is 6.04. The van der Waals surface area contributed by atoms with E-state index in [-0.39, 0.29) is 24.4 Å². The normalized spacial score (nSPS) is 19.0. The van der Waals surface area contributed by atoms with Crippen LogP contribution >= 0.6 is 11.3 Å². The lowest BCUT2D eigenvalue weighted by molar-refractivity contribution is -0.173. The van der Waals surface area contributed by atoms with Crippen LogP contribution in [0.1, 0.15) is 68.6 Å². The summed E-state index contributed by atoms with van der Waals surface area (Å²) in [6.07, 6.45) is -1.23. The summed E-state index contributed by atoms with van der Waals surface area (Å²) >= 11 is 1.31. The number of halogens is 3. The van der Waals surface area contributed by atoms with E-state index < -0.39 is 30.1 Å². The van der Waals surface area contributed by atoms with Crippen LogP contribution in [0, 0.1) is 0 Å². The van der Waals surface area contributed by atoms with E-state index in [0.717, 1.165) is 34.2 Å². The van der Waals surface area contributed by atoms with E-state index in [1.807, 2.05) is 0 Å². The van der Waals surface area contributed by atoms with E-state index in [2.05, 4.69) is 15.7 Å². The number of hydrogen-bond acceptors (Lipinski definition) is 6. The van der Waals surface area contributed by atoms with Gasteiger partial charge in [0.25, 0.3) is 5.91 Å². The number of ether oxygens (including phenoxy) is 1. The number of thiophene rings is 1. The zero-order chi connectivity index (χ0) is 24.7. The Hall–Kier alpha value is -3.34. The van der Waals surface area contributed by atoms with Gasteiger partial charge in [-0.2, -0.15) is 18.3 Å². The highest BCUT2D eigenvalue weighted by Gasteiger charge is 2.47. The number of benzene rings is 1. The molecule has 7 nitrogen and oxygen atoms in total. The van der Waals surface area contributed by atoms with Crippen molar-refractivity contribution in [3.05, 3.63) is 63.7 Å². The number of alkyl halides is 3. The largest absolute Gasteiger partial charge is 0.462 e. The second-order valence-electron chi connectivity index (χ2n) is 8.49. The van der Waals surface area contributed by atoms with E-state index in [1.165, 1.54) is 11.3 Å². The van der Waals surface area contributed by atoms with E-state index >= 15 is 0 Å². The van der Waals surface area contributed by atoms with Crippen molar-refractivity contribution in [2.45, 2.75) is 50.9 Å². The number of carbonyl (C=O) groups excluding carboxylic acids is 2. The molecule has 2 aromatic heterocycles. The van der Waals surface area contributed by atoms with E-state index in [1.54, 1.807) is 37.3 Å². The van der Waals surface area contributed by atoms with Crippen LogP contribution in [0.15, 0.2) is 36.5 Å². The van der Waals surface area contributed by atoms with Gasteiger partial charge in [-0.1, -0.05) is 30.3 Å². The summed E-state index contributed by atoms with van der Waals surface area (Å²) in [4.78, 5) is 26.9. The van der Waals surface area contributed by atoms with Gasteiger partial charge in [-0.3, -0.25) is 4.79 Å². The standard InChI is InChI=1S/C24H23F3N4O3S/c1-2-34-23(33)19-14-9-6-10-17(14)35-22(19)30-21(32)15-12-28-31-18(24(25,26)27)11-16(29-20(15)31)13-7-4-3-5-8-13/h3-5,7-8,12,16,18,29H,2,6,9-11H2,1H3,(H,30,32)/t16-,18-/m1/s1. The third-order valence-electron chi connectivity index (χ3n) is 6.31. The van der Waals surface area contributed by atoms with E-state index in [4.69, 9.17) is 4.74 Å². The summed E-state index contributed by atoms with van der Waals surface area (Å²) in [7, 11) is 0. The van der Waals surface area contributed by atoms with Gasteiger partial charge in [0.2, 0.25) is 0 Å². The van der Waals surface area contributed by atoms with Crippen molar-refractivity contribution in [3.8, 4) is 0 Å². The van der Waals surface area contributed by atoms with Gasteiger partial charge in [-0.25, -0.2) is 9.48 Å². The van der Waals surface area contributed by atoms with Crippen molar-refractivity contribution in [1.82, 2.24) is 9.78 Å². The second kappa shape index (κ2) is 9.03. The Morgan fingerprint density at radius 3 is 2.74 bits per heavy atom. The molecule has 0 saturated heterocycles. The molecule has 1 aliphatic carbocycles. The first-order valence-corrected chi connectivity index (χ1v) is 12.2. The monoisotopic (exact) mass is 504 g/mol. The minimum absolute atomic E-state index is 0.00768. The number of nitrogens with one attached hydrogen (secondary N) is 2. The summed E-state index contributed by atoms with van der Waals surface area (Å²) in [6.45, 7) is 1.89. The van der Waals surface area contributed by atoms with Crippen molar-refractivity contribution in [2.75, 3.05) is 17.2 Å². The zero-order valence-corrected chi connectivity index (χ0v) is 19.6. The summed E-state index contributed by atoms with van der Waals surface area (Å²) in [6, 6.07) is 6.25. The molecule has 3 aromatic rings. The first-order valence-electron chi connectivity index (χ1n) is 11.4. The van der Waals surface area contributed by atoms with Crippen molar-refractivity contribution in [3.63, 3.8) is 0 Å². The molecule has 1 aliphatic heterocycles. The highest BCUT2D eigenvalue weighted by atomic mass is 32.1. The maximum Gasteiger partial charge on any atom is 0.410 e. The fraction of sp³-hybridized carbons (Fsp3) is 0.375. The Bertz CT molecular complexity index is 1270. The van der Waals surface area contributed by atoms with Crippen molar-refractivity contribution in [1.29, 1.82) is 0 Å². The van der Waals surface area contributed by atoms with Gasteiger partial charge in [-0.05, 0) is 37.3 Å². The Labute approximate surface area is 203 Å². The lowest BCUT2D eigenvalue weighted by Gasteiger charge is -2.34. The van der Waals surface area contributed by atoms with Crippen LogP contribution in [-0.4, -0.2) is 34.4 Å². The van der Waals surface area contributed by atoms with Crippen molar-refractivity contribution in [2.24, 2.45) is 0 Å². The molecule has 184 valence electrons. The first kappa shape index (κ1) is 23.4. The van der Waals surface area contributed by atoms with Crippen LogP contribution in [0.4, 0.5) is 24.0 Å². The predicted molar refractivity (Wildman–Crippen MR) is 125 cm³/mol. The number of esters is 1. The van der Waals surface area contributed by atoms with Gasteiger partial charge in [-0.15, -0.1) is 11.3 Å². The van der Waals surface area contributed by atoms with Crippen LogP contribution in [0.3, 0.4) is 0 Å². The maximum atomic E-state index is 13.9. The number of hydrogen-bond donors (Lipinski definition) is 2. The lowest BCUT2D eigenvalue weighted by atomic mass is 9.96. The number of aryl methyl sites for hydroxylation is 1. The number of rotatable bonds is 5. The molecule has 35 heavy (non-hydrogen) atoms. The SMILES string of the molecule is CCOC(=O)c1c(NC(=O)c2cnn3c2N[C@@H](c2ccccc2)C[C@@H]3C(F)(F)F)sc2c1CCC2. The van der Waals surface area contributed by atoms with Crippen LogP contribution in [0.5, 0.6) is 0 Å². The molecular weight excluding hydrogens is 481 g/mol. The summed E-state index contributed by atoms with van der Waals surface area (Å²) in [5, 5.41) is 10.1. The zero-order valence-electron chi connectivity index (χ0n) is 18.8. The van der Waals surface area contributed by atoms with Gasteiger partial charge in [0.15, 0.2) is 6.04 Å². The molecule has 0 unspecified atom stereocenters. The van der Waals surface area contributed by atoms with Crippen molar-refractivity contribution < 1.29 is 27.5 Å². The van der Waals surface area contributed by atoms with E-state index in [0.29, 0.717) is 22.5 Å². The Balaban J connectivity index is 1.49. The number of anilines is 2. The molecule has 2 atom stereocenters. The minimum atomic E-state index is -4.55. The van der Waals surface area contributed by atoms with Crippen LogP contribution in [0.25, 0.3) is 0 Å². The third-order valence-corrected chi connectivity index (χ3v) is 7.52. The predicted octanol–water partition coefficient (Wildman–Crippen LogP) is 5.52. The smallest absolute Gasteiger partial charge is 0.410 e. The molecule has 2 aliphatic rings. The Morgan fingerprint density at radius 1 is 1.26 bits per heavy atom. The highest BCUT2D eigenvalue weighted by Crippen LogP contribution is 2.45. The third kappa shape index (κ3) is 4.29. The summed E-state index contributed by atoms with van der Waals surface area (Å²) < 4.78 is 47.8. The molecule has 5 rings (SSSR count). The van der Waals surface area contributed by atoms with Gasteiger partial charge in [0.1, 0.15) is 16.4 Å². The maximum absolute atomic E-state index is 13.9. The highest BCUT2D eigenvalue weighted by molar-refractivity contribution is 7.17. The molecule has 3 heterocycles. The summed E-state index contributed by atoms with van der Waals surface area (Å²) in [5.41, 5.74) is 1.87. The molecular formula is C24H23F3N4O3S. The fourth-order valence-electron chi connectivity index (χ4n) is 4.71. The molecule has 1 aromatic carbocycles. The number of aromatic nitrogens is 2. The van der Waals surface area contributed by atoms with Gasteiger partial charge in [0, 0.05) is 11.3 Å². The molecule has 0 spiro atoms. The average Bonchev–Trinajstić information content (AvgIpc) is 3.52. The second-order valence-corrected chi connectivity index (χ2v) is 9.59. The van der Waals surface area contributed by atoms with Gasteiger partial charge >= 0.3 is 12.1 Å². The number of nitrogens with zero attached hydrogens (tertiary/aromatic N) is 2.